The van der Waals surface area contributed by atoms with Crippen LogP contribution in [0.25, 0.3) is 22.0 Å². The summed E-state index contributed by atoms with van der Waals surface area (Å²) in [5.74, 6) is -0.770. The number of rotatable bonds is 3. The number of aromatic nitrogens is 2. The van der Waals surface area contributed by atoms with Crippen LogP contribution < -0.4 is 0 Å². The van der Waals surface area contributed by atoms with Gasteiger partial charge in [0.1, 0.15) is 5.75 Å². The van der Waals surface area contributed by atoms with Gasteiger partial charge in [-0.05, 0) is 55.2 Å². The molecule has 4 rings (SSSR count). The molecule has 1 fully saturated rings. The van der Waals surface area contributed by atoms with Gasteiger partial charge in [-0.25, -0.2) is 4.79 Å². The minimum Gasteiger partial charge on any atom is -0.508 e. The fraction of sp³-hybridized carbons (Fsp3) is 0.300. The van der Waals surface area contributed by atoms with Crippen molar-refractivity contribution >= 4 is 16.9 Å². The van der Waals surface area contributed by atoms with Crippen LogP contribution >= 0.6 is 0 Å². The summed E-state index contributed by atoms with van der Waals surface area (Å²) < 4.78 is 2.01. The Balaban J connectivity index is 1.96. The molecule has 0 atom stereocenters. The van der Waals surface area contributed by atoms with E-state index in [2.05, 4.69) is 12.0 Å². The molecule has 0 saturated heterocycles. The van der Waals surface area contributed by atoms with Gasteiger partial charge in [0.2, 0.25) is 0 Å². The highest BCUT2D eigenvalue weighted by Crippen LogP contribution is 2.39. The van der Waals surface area contributed by atoms with E-state index in [1.807, 2.05) is 10.7 Å². The van der Waals surface area contributed by atoms with Crippen molar-refractivity contribution in [2.45, 2.75) is 38.1 Å². The zero-order valence-electron chi connectivity index (χ0n) is 14.1. The smallest absolute Gasteiger partial charge is 0.336 e. The number of fused-ring (bicyclic) bond motifs is 1. The third-order valence-electron chi connectivity index (χ3n) is 5.31. The van der Waals surface area contributed by atoms with Crippen LogP contribution in [0.1, 0.15) is 43.0 Å². The molecule has 0 amide bonds. The fourth-order valence-electron chi connectivity index (χ4n) is 3.90. The Labute approximate surface area is 145 Å². The van der Waals surface area contributed by atoms with Gasteiger partial charge in [-0.3, -0.25) is 4.68 Å². The molecule has 3 aromatic rings. The van der Waals surface area contributed by atoms with E-state index >= 15 is 0 Å². The summed E-state index contributed by atoms with van der Waals surface area (Å²) in [7, 11) is 0. The maximum Gasteiger partial charge on any atom is 0.336 e. The second kappa shape index (κ2) is 5.62. The number of phenolic OH excluding ortho intramolecular Hbond substituents is 1. The minimum atomic E-state index is -0.957. The maximum absolute atomic E-state index is 11.8. The number of carboxylic acids is 1. The predicted molar refractivity (Wildman–Crippen MR) is 95.9 cm³/mol. The molecule has 1 aliphatic carbocycles. The summed E-state index contributed by atoms with van der Waals surface area (Å²) in [6.07, 6.45) is 6.11. The molecular formula is C20H20N2O3. The molecule has 0 bridgehead atoms. The number of aromatic hydroxyl groups is 1. The zero-order valence-corrected chi connectivity index (χ0v) is 14.1. The van der Waals surface area contributed by atoms with Crippen LogP contribution in [0.2, 0.25) is 0 Å². The van der Waals surface area contributed by atoms with E-state index in [4.69, 9.17) is 0 Å². The Morgan fingerprint density at radius 2 is 1.80 bits per heavy atom. The van der Waals surface area contributed by atoms with Crippen molar-refractivity contribution in [1.29, 1.82) is 0 Å². The normalized spacial score (nSPS) is 16.4. The number of nitrogens with zero attached hydrogens (tertiary/aromatic N) is 2. The summed E-state index contributed by atoms with van der Waals surface area (Å²) in [6, 6.07) is 10.5. The Bertz CT molecular complexity index is 951. The Hall–Kier alpha value is -2.82. The van der Waals surface area contributed by atoms with Gasteiger partial charge in [-0.15, -0.1) is 0 Å². The number of hydrogen-bond acceptors (Lipinski definition) is 3. The lowest BCUT2D eigenvalue weighted by atomic mass is 9.97. The average Bonchev–Trinajstić information content (AvgIpc) is 3.21. The summed E-state index contributed by atoms with van der Waals surface area (Å²) in [5, 5.41) is 24.4. The van der Waals surface area contributed by atoms with Crippen LogP contribution in [-0.2, 0) is 5.54 Å². The highest BCUT2D eigenvalue weighted by molar-refractivity contribution is 6.04. The number of hydrogen-bond donors (Lipinski definition) is 2. The van der Waals surface area contributed by atoms with Crippen molar-refractivity contribution in [2.75, 3.05) is 0 Å². The first-order valence-electron chi connectivity index (χ1n) is 8.53. The third-order valence-corrected chi connectivity index (χ3v) is 5.31. The molecule has 25 heavy (non-hydrogen) atoms. The summed E-state index contributed by atoms with van der Waals surface area (Å²) >= 11 is 0. The van der Waals surface area contributed by atoms with Crippen LogP contribution in [0.5, 0.6) is 5.75 Å². The van der Waals surface area contributed by atoms with E-state index in [0.717, 1.165) is 29.5 Å². The Morgan fingerprint density at radius 1 is 1.12 bits per heavy atom. The number of carboxylic acid groups (broad SMARTS) is 1. The molecule has 0 unspecified atom stereocenters. The molecular weight excluding hydrogens is 316 g/mol. The third kappa shape index (κ3) is 2.56. The maximum atomic E-state index is 11.8. The Morgan fingerprint density at radius 3 is 2.44 bits per heavy atom. The molecule has 5 heteroatoms. The topological polar surface area (TPSA) is 75.4 Å². The lowest BCUT2D eigenvalue weighted by Crippen LogP contribution is -2.27. The van der Waals surface area contributed by atoms with Crippen molar-refractivity contribution in [1.82, 2.24) is 9.78 Å². The number of phenols is 1. The molecule has 0 aliphatic heterocycles. The zero-order chi connectivity index (χ0) is 17.6. The van der Waals surface area contributed by atoms with Gasteiger partial charge in [-0.2, -0.15) is 5.10 Å². The van der Waals surface area contributed by atoms with E-state index < -0.39 is 5.97 Å². The number of benzene rings is 2. The summed E-state index contributed by atoms with van der Waals surface area (Å²) in [6.45, 7) is 2.19. The van der Waals surface area contributed by atoms with Gasteiger partial charge in [-0.1, -0.05) is 25.0 Å². The highest BCUT2D eigenvalue weighted by Gasteiger charge is 2.33. The van der Waals surface area contributed by atoms with E-state index in [1.54, 1.807) is 36.5 Å². The van der Waals surface area contributed by atoms with Crippen LogP contribution in [0, 0.1) is 0 Å². The number of carbonyl (C=O) groups is 1. The van der Waals surface area contributed by atoms with Gasteiger partial charge in [0, 0.05) is 5.39 Å². The van der Waals surface area contributed by atoms with Crippen molar-refractivity contribution < 1.29 is 15.0 Å². The molecule has 5 nitrogen and oxygen atoms in total. The molecule has 2 N–H and O–H groups in total. The standard InChI is InChI=1S/C20H20N2O3/c1-20(8-2-3-9-20)22-18-11-14(13-4-6-15(23)7-5-13)10-16(19(24)25)17(18)12-21-22/h4-7,10-12,23H,2-3,8-9H2,1H3,(H,24,25). The summed E-state index contributed by atoms with van der Waals surface area (Å²) in [4.78, 5) is 11.8. The van der Waals surface area contributed by atoms with Crippen molar-refractivity contribution in [2.24, 2.45) is 0 Å². The molecule has 0 radical (unpaired) electrons. The van der Waals surface area contributed by atoms with Gasteiger partial charge in [0.15, 0.2) is 0 Å². The van der Waals surface area contributed by atoms with Crippen LogP contribution in [-0.4, -0.2) is 26.0 Å². The van der Waals surface area contributed by atoms with Crippen molar-refractivity contribution in [3.05, 3.63) is 48.2 Å². The molecule has 0 spiro atoms. The second-order valence-corrected chi connectivity index (χ2v) is 7.07. The molecule has 1 aromatic heterocycles. The highest BCUT2D eigenvalue weighted by atomic mass is 16.4. The van der Waals surface area contributed by atoms with Crippen LogP contribution in [0.4, 0.5) is 0 Å². The monoisotopic (exact) mass is 336 g/mol. The molecule has 1 aliphatic rings. The fourth-order valence-corrected chi connectivity index (χ4v) is 3.90. The molecule has 128 valence electrons. The predicted octanol–water partition coefficient (Wildman–Crippen LogP) is 4.40. The first kappa shape index (κ1) is 15.7. The molecule has 2 aromatic carbocycles. The first-order valence-corrected chi connectivity index (χ1v) is 8.53. The Kier molecular flexibility index (Phi) is 3.53. The molecule has 1 saturated carbocycles. The van der Waals surface area contributed by atoms with Crippen molar-refractivity contribution in [3.63, 3.8) is 0 Å². The molecule has 1 heterocycles. The lowest BCUT2D eigenvalue weighted by Gasteiger charge is -2.25. The van der Waals surface area contributed by atoms with Crippen LogP contribution in [0.3, 0.4) is 0 Å². The summed E-state index contributed by atoms with van der Waals surface area (Å²) in [5.41, 5.74) is 2.73. The number of aromatic carboxylic acids is 1. The second-order valence-electron chi connectivity index (χ2n) is 7.07. The quantitative estimate of drug-likeness (QED) is 0.743. The van der Waals surface area contributed by atoms with Gasteiger partial charge in [0.25, 0.3) is 0 Å². The largest absolute Gasteiger partial charge is 0.508 e. The van der Waals surface area contributed by atoms with E-state index in [0.29, 0.717) is 5.39 Å². The van der Waals surface area contributed by atoms with E-state index in [-0.39, 0.29) is 16.9 Å². The van der Waals surface area contributed by atoms with Gasteiger partial charge >= 0.3 is 5.97 Å². The van der Waals surface area contributed by atoms with Crippen molar-refractivity contribution in [3.8, 4) is 16.9 Å². The lowest BCUT2D eigenvalue weighted by molar-refractivity contribution is 0.0699. The average molecular weight is 336 g/mol. The first-order chi connectivity index (χ1) is 12.0. The minimum absolute atomic E-state index is 0.0644. The van der Waals surface area contributed by atoms with Crippen LogP contribution in [0.15, 0.2) is 42.6 Å². The van der Waals surface area contributed by atoms with Gasteiger partial charge < -0.3 is 10.2 Å². The van der Waals surface area contributed by atoms with E-state index in [9.17, 15) is 15.0 Å². The SMILES string of the molecule is CC1(n2ncc3c(C(=O)O)cc(-c4ccc(O)cc4)cc32)CCCC1. The van der Waals surface area contributed by atoms with Gasteiger partial charge in [0.05, 0.1) is 22.8 Å². The van der Waals surface area contributed by atoms with E-state index in [1.165, 1.54) is 12.8 Å².